The number of rotatable bonds is 6. The lowest BCUT2D eigenvalue weighted by Crippen LogP contribution is -2.31. The van der Waals surface area contributed by atoms with Crippen molar-refractivity contribution in [3.8, 4) is 0 Å². The van der Waals surface area contributed by atoms with Gasteiger partial charge in [0.1, 0.15) is 5.76 Å². The van der Waals surface area contributed by atoms with Crippen LogP contribution in [0.25, 0.3) is 0 Å². The molecule has 1 aromatic heterocycles. The first kappa shape index (κ1) is 11.8. The summed E-state index contributed by atoms with van der Waals surface area (Å²) in [7, 11) is 0. The highest BCUT2D eigenvalue weighted by Crippen LogP contribution is 2.07. The van der Waals surface area contributed by atoms with Crippen LogP contribution in [0.15, 0.2) is 16.5 Å². The monoisotopic (exact) mass is 210 g/mol. The molecule has 0 radical (unpaired) electrons. The van der Waals surface area contributed by atoms with Crippen molar-refractivity contribution in [3.63, 3.8) is 0 Å². The second kappa shape index (κ2) is 6.24. The van der Waals surface area contributed by atoms with Crippen molar-refractivity contribution in [3.05, 3.63) is 23.7 Å². The predicted molar refractivity (Wildman–Crippen MR) is 59.0 cm³/mol. The molecule has 0 saturated heterocycles. The van der Waals surface area contributed by atoms with Gasteiger partial charge in [-0.25, -0.2) is 0 Å². The Morgan fingerprint density at radius 1 is 1.33 bits per heavy atom. The van der Waals surface area contributed by atoms with E-state index in [1.54, 1.807) is 6.07 Å². The number of carbonyl (C=O) groups excluding carboxylic acids is 1. The van der Waals surface area contributed by atoms with E-state index in [1.165, 1.54) is 0 Å². The summed E-state index contributed by atoms with van der Waals surface area (Å²) in [5.74, 6) is 1.09. The number of hydrogen-bond donors (Lipinski definition) is 2. The molecule has 0 atom stereocenters. The van der Waals surface area contributed by atoms with Crippen LogP contribution >= 0.6 is 0 Å². The first-order chi connectivity index (χ1) is 7.27. The Kier molecular flexibility index (Phi) is 4.90. The summed E-state index contributed by atoms with van der Waals surface area (Å²) in [5.41, 5.74) is 0. The summed E-state index contributed by atoms with van der Waals surface area (Å²) in [6.07, 6.45) is 0.810. The third kappa shape index (κ3) is 3.75. The van der Waals surface area contributed by atoms with Crippen LogP contribution in [0.1, 0.15) is 30.2 Å². The van der Waals surface area contributed by atoms with Gasteiger partial charge in [0, 0.05) is 19.5 Å². The molecular formula is C11H18N2O2. The maximum absolute atomic E-state index is 11.5. The van der Waals surface area contributed by atoms with E-state index in [-0.39, 0.29) is 5.91 Å². The topological polar surface area (TPSA) is 54.3 Å². The minimum atomic E-state index is -0.146. The fourth-order valence-corrected chi connectivity index (χ4v) is 1.22. The summed E-state index contributed by atoms with van der Waals surface area (Å²) in [5, 5.41) is 5.90. The molecule has 0 aromatic carbocycles. The van der Waals surface area contributed by atoms with Crippen molar-refractivity contribution in [2.24, 2.45) is 0 Å². The van der Waals surface area contributed by atoms with Crippen molar-refractivity contribution >= 4 is 5.91 Å². The van der Waals surface area contributed by atoms with E-state index < -0.39 is 0 Å². The number of hydrogen-bond acceptors (Lipinski definition) is 3. The van der Waals surface area contributed by atoms with Gasteiger partial charge in [-0.3, -0.25) is 4.79 Å². The molecule has 1 rings (SSSR count). The van der Waals surface area contributed by atoms with E-state index in [4.69, 9.17) is 4.42 Å². The number of amides is 1. The second-order valence-corrected chi connectivity index (χ2v) is 3.23. The summed E-state index contributed by atoms with van der Waals surface area (Å²) in [4.78, 5) is 11.5. The highest BCUT2D eigenvalue weighted by molar-refractivity contribution is 5.91. The number of likely N-dealkylation sites (N-methyl/N-ethyl adjacent to an activating group) is 1. The Hall–Kier alpha value is -1.29. The van der Waals surface area contributed by atoms with E-state index >= 15 is 0 Å². The van der Waals surface area contributed by atoms with Gasteiger partial charge in [0.05, 0.1) is 0 Å². The lowest BCUT2D eigenvalue weighted by Gasteiger charge is -2.03. The van der Waals surface area contributed by atoms with Crippen LogP contribution in [0, 0.1) is 0 Å². The molecule has 0 bridgehead atoms. The van der Waals surface area contributed by atoms with Crippen LogP contribution in [-0.4, -0.2) is 25.5 Å². The third-order valence-corrected chi connectivity index (χ3v) is 2.07. The van der Waals surface area contributed by atoms with Gasteiger partial charge in [-0.2, -0.15) is 0 Å². The molecule has 1 amide bonds. The van der Waals surface area contributed by atoms with E-state index in [9.17, 15) is 4.79 Å². The molecule has 15 heavy (non-hydrogen) atoms. The number of carbonyl (C=O) groups is 1. The quantitative estimate of drug-likeness (QED) is 0.693. The Morgan fingerprint density at radius 2 is 2.13 bits per heavy atom. The fraction of sp³-hybridized carbons (Fsp3) is 0.545. The minimum Gasteiger partial charge on any atom is -0.456 e. The number of furan rings is 1. The average molecular weight is 210 g/mol. The zero-order valence-corrected chi connectivity index (χ0v) is 9.30. The van der Waals surface area contributed by atoms with Crippen LogP contribution in [0.2, 0.25) is 0 Å². The van der Waals surface area contributed by atoms with Gasteiger partial charge in [-0.15, -0.1) is 0 Å². The van der Waals surface area contributed by atoms with Crippen molar-refractivity contribution < 1.29 is 9.21 Å². The van der Waals surface area contributed by atoms with Gasteiger partial charge in [-0.1, -0.05) is 13.8 Å². The smallest absolute Gasteiger partial charge is 0.287 e. The number of aryl methyl sites for hydroxylation is 1. The molecular weight excluding hydrogens is 192 g/mol. The standard InChI is InChI=1S/C11H18N2O2/c1-3-9-5-6-10(15-9)11(14)13-8-7-12-4-2/h5-6,12H,3-4,7-8H2,1-2H3,(H,13,14). The number of nitrogens with one attached hydrogen (secondary N) is 2. The zero-order valence-electron chi connectivity index (χ0n) is 9.30. The molecule has 2 N–H and O–H groups in total. The van der Waals surface area contributed by atoms with Crippen molar-refractivity contribution in [2.45, 2.75) is 20.3 Å². The Labute approximate surface area is 90.0 Å². The fourth-order valence-electron chi connectivity index (χ4n) is 1.22. The molecule has 4 nitrogen and oxygen atoms in total. The highest BCUT2D eigenvalue weighted by Gasteiger charge is 2.08. The molecule has 4 heteroatoms. The third-order valence-electron chi connectivity index (χ3n) is 2.07. The Morgan fingerprint density at radius 3 is 2.73 bits per heavy atom. The second-order valence-electron chi connectivity index (χ2n) is 3.23. The molecule has 0 saturated carbocycles. The largest absolute Gasteiger partial charge is 0.456 e. The molecule has 0 aliphatic rings. The van der Waals surface area contributed by atoms with E-state index in [2.05, 4.69) is 10.6 Å². The van der Waals surface area contributed by atoms with Crippen molar-refractivity contribution in [2.75, 3.05) is 19.6 Å². The first-order valence-corrected chi connectivity index (χ1v) is 5.35. The normalized spacial score (nSPS) is 10.3. The van der Waals surface area contributed by atoms with Gasteiger partial charge in [0.25, 0.3) is 5.91 Å². The van der Waals surface area contributed by atoms with Gasteiger partial charge >= 0.3 is 0 Å². The maximum Gasteiger partial charge on any atom is 0.287 e. The predicted octanol–water partition coefficient (Wildman–Crippen LogP) is 1.18. The SMILES string of the molecule is CCNCCNC(=O)c1ccc(CC)o1. The summed E-state index contributed by atoms with van der Waals surface area (Å²) >= 11 is 0. The Bertz CT molecular complexity index is 307. The maximum atomic E-state index is 11.5. The average Bonchev–Trinajstić information content (AvgIpc) is 2.72. The lowest BCUT2D eigenvalue weighted by atomic mass is 10.3. The molecule has 0 aliphatic carbocycles. The van der Waals surface area contributed by atoms with Crippen LogP contribution in [0.4, 0.5) is 0 Å². The molecule has 1 heterocycles. The van der Waals surface area contributed by atoms with E-state index in [0.29, 0.717) is 12.3 Å². The lowest BCUT2D eigenvalue weighted by molar-refractivity contribution is 0.0924. The highest BCUT2D eigenvalue weighted by atomic mass is 16.3. The van der Waals surface area contributed by atoms with Gasteiger partial charge in [0.15, 0.2) is 5.76 Å². The van der Waals surface area contributed by atoms with E-state index in [0.717, 1.165) is 25.3 Å². The van der Waals surface area contributed by atoms with Crippen molar-refractivity contribution in [1.29, 1.82) is 0 Å². The summed E-state index contributed by atoms with van der Waals surface area (Å²) in [6, 6.07) is 3.54. The zero-order chi connectivity index (χ0) is 11.1. The molecule has 0 fully saturated rings. The molecule has 1 aromatic rings. The molecule has 0 spiro atoms. The van der Waals surface area contributed by atoms with E-state index in [1.807, 2.05) is 19.9 Å². The van der Waals surface area contributed by atoms with Crippen LogP contribution in [0.3, 0.4) is 0 Å². The first-order valence-electron chi connectivity index (χ1n) is 5.35. The summed E-state index contributed by atoms with van der Waals surface area (Å²) in [6.45, 7) is 6.34. The molecule has 84 valence electrons. The van der Waals surface area contributed by atoms with Gasteiger partial charge in [0.2, 0.25) is 0 Å². The molecule has 0 unspecified atom stereocenters. The van der Waals surface area contributed by atoms with Crippen LogP contribution in [-0.2, 0) is 6.42 Å². The summed E-state index contributed by atoms with van der Waals surface area (Å²) < 4.78 is 5.32. The van der Waals surface area contributed by atoms with Crippen LogP contribution in [0.5, 0.6) is 0 Å². The Balaban J connectivity index is 2.33. The molecule has 0 aliphatic heterocycles. The van der Waals surface area contributed by atoms with Crippen LogP contribution < -0.4 is 10.6 Å². The van der Waals surface area contributed by atoms with Crippen molar-refractivity contribution in [1.82, 2.24) is 10.6 Å². The minimum absolute atomic E-state index is 0.146. The van der Waals surface area contributed by atoms with Gasteiger partial charge in [-0.05, 0) is 18.7 Å². The van der Waals surface area contributed by atoms with Gasteiger partial charge < -0.3 is 15.1 Å².